The number of ether oxygens (including phenoxy) is 1. The molecule has 1 fully saturated rings. The number of hydrogen-bond donors (Lipinski definition) is 1. The Morgan fingerprint density at radius 2 is 2.06 bits per heavy atom. The van der Waals surface area contributed by atoms with E-state index in [9.17, 15) is 13.2 Å². The first-order valence-corrected chi connectivity index (χ1v) is 6.04. The van der Waals surface area contributed by atoms with Crippen LogP contribution in [0.2, 0.25) is 0 Å². The molecular formula is C11H10BrF3N2O. The molecule has 18 heavy (non-hydrogen) atoms. The molecule has 0 radical (unpaired) electrons. The summed E-state index contributed by atoms with van der Waals surface area (Å²) in [6, 6.07) is 4.23. The van der Waals surface area contributed by atoms with Crippen LogP contribution < -0.4 is 10.5 Å². The van der Waals surface area contributed by atoms with Gasteiger partial charge in [0.05, 0.1) is 0 Å². The lowest BCUT2D eigenvalue weighted by Gasteiger charge is -2.11. The molecule has 1 aliphatic carbocycles. The van der Waals surface area contributed by atoms with Crippen molar-refractivity contribution in [3.05, 3.63) is 22.7 Å². The molecule has 2 rings (SSSR count). The number of aliphatic imine (C=N–C) groups is 1. The predicted octanol–water partition coefficient (Wildman–Crippen LogP) is 3.75. The van der Waals surface area contributed by atoms with Crippen molar-refractivity contribution in [2.24, 2.45) is 16.6 Å². The molecule has 0 spiro atoms. The summed E-state index contributed by atoms with van der Waals surface area (Å²) in [5, 5.41) is 0. The number of nitrogens with zero attached hydrogens (tertiary/aromatic N) is 1. The van der Waals surface area contributed by atoms with Crippen molar-refractivity contribution in [3.63, 3.8) is 0 Å². The molecule has 0 amide bonds. The Morgan fingerprint density at radius 3 is 2.61 bits per heavy atom. The van der Waals surface area contributed by atoms with Crippen LogP contribution in [-0.2, 0) is 0 Å². The first-order chi connectivity index (χ1) is 8.35. The van der Waals surface area contributed by atoms with Gasteiger partial charge in [0.15, 0.2) is 5.75 Å². The van der Waals surface area contributed by atoms with E-state index in [4.69, 9.17) is 5.73 Å². The van der Waals surface area contributed by atoms with Crippen LogP contribution in [0, 0.1) is 5.92 Å². The third-order valence-corrected chi connectivity index (χ3v) is 2.89. The number of hydrogen-bond acceptors (Lipinski definition) is 2. The van der Waals surface area contributed by atoms with Crippen LogP contribution in [0.15, 0.2) is 27.7 Å². The second kappa shape index (κ2) is 4.79. The standard InChI is InChI=1S/C11H10BrF3N2O/c12-7-3-4-8(17-10(16)6-1-2-6)9(5-7)18-11(13,14)15/h3-6H,1-2H2,(H2,16,17). The van der Waals surface area contributed by atoms with E-state index in [0.29, 0.717) is 10.3 Å². The Morgan fingerprint density at radius 1 is 1.39 bits per heavy atom. The van der Waals surface area contributed by atoms with Gasteiger partial charge in [0.2, 0.25) is 0 Å². The molecule has 0 heterocycles. The molecule has 98 valence electrons. The average molecular weight is 323 g/mol. The molecule has 1 aromatic rings. The lowest BCUT2D eigenvalue weighted by atomic mass is 10.3. The third-order valence-electron chi connectivity index (χ3n) is 2.39. The molecule has 3 nitrogen and oxygen atoms in total. The van der Waals surface area contributed by atoms with Crippen molar-refractivity contribution >= 4 is 27.5 Å². The highest BCUT2D eigenvalue weighted by atomic mass is 79.9. The largest absolute Gasteiger partial charge is 0.573 e. The number of alkyl halides is 3. The molecule has 0 aliphatic heterocycles. The van der Waals surface area contributed by atoms with Crippen LogP contribution >= 0.6 is 15.9 Å². The van der Waals surface area contributed by atoms with E-state index >= 15 is 0 Å². The third kappa shape index (κ3) is 3.63. The summed E-state index contributed by atoms with van der Waals surface area (Å²) in [6.07, 6.45) is -2.89. The molecule has 1 aromatic carbocycles. The smallest absolute Gasteiger partial charge is 0.403 e. The van der Waals surface area contributed by atoms with E-state index in [1.807, 2.05) is 0 Å². The highest BCUT2D eigenvalue weighted by Gasteiger charge is 2.32. The van der Waals surface area contributed by atoms with Crippen molar-refractivity contribution in [2.45, 2.75) is 19.2 Å². The van der Waals surface area contributed by atoms with Crippen LogP contribution in [0.5, 0.6) is 5.75 Å². The zero-order chi connectivity index (χ0) is 13.3. The minimum absolute atomic E-state index is 0.0833. The van der Waals surface area contributed by atoms with Gasteiger partial charge in [-0.05, 0) is 31.0 Å². The van der Waals surface area contributed by atoms with E-state index in [-0.39, 0.29) is 17.4 Å². The fourth-order valence-electron chi connectivity index (χ4n) is 1.40. The van der Waals surface area contributed by atoms with Gasteiger partial charge in [0, 0.05) is 10.4 Å². The van der Waals surface area contributed by atoms with Crippen LogP contribution in [-0.4, -0.2) is 12.2 Å². The number of benzene rings is 1. The van der Waals surface area contributed by atoms with Gasteiger partial charge in [0.1, 0.15) is 11.5 Å². The zero-order valence-electron chi connectivity index (χ0n) is 9.17. The van der Waals surface area contributed by atoms with Crippen molar-refractivity contribution in [3.8, 4) is 5.75 Å². The maximum absolute atomic E-state index is 12.2. The summed E-state index contributed by atoms with van der Waals surface area (Å²) in [5.41, 5.74) is 5.77. The quantitative estimate of drug-likeness (QED) is 0.680. The van der Waals surface area contributed by atoms with Gasteiger partial charge in [-0.1, -0.05) is 15.9 Å². The molecular weight excluding hydrogens is 313 g/mol. The summed E-state index contributed by atoms with van der Waals surface area (Å²) < 4.78 is 41.1. The lowest BCUT2D eigenvalue weighted by Crippen LogP contribution is -2.18. The monoisotopic (exact) mass is 322 g/mol. The van der Waals surface area contributed by atoms with Crippen LogP contribution in [0.25, 0.3) is 0 Å². The summed E-state index contributed by atoms with van der Waals surface area (Å²) in [5.74, 6) is 0.178. The van der Waals surface area contributed by atoms with Crippen molar-refractivity contribution in [2.75, 3.05) is 0 Å². The van der Waals surface area contributed by atoms with Crippen molar-refractivity contribution < 1.29 is 17.9 Å². The number of nitrogens with two attached hydrogens (primary N) is 1. The SMILES string of the molecule is NC(=Nc1ccc(Br)cc1OC(F)(F)F)C1CC1. The topological polar surface area (TPSA) is 47.6 Å². The van der Waals surface area contributed by atoms with E-state index in [2.05, 4.69) is 25.7 Å². The Kier molecular flexibility index (Phi) is 3.52. The summed E-state index contributed by atoms with van der Waals surface area (Å²) in [6.45, 7) is 0. The second-order valence-corrected chi connectivity index (χ2v) is 4.89. The Hall–Kier alpha value is -1.24. The summed E-state index contributed by atoms with van der Waals surface area (Å²) in [4.78, 5) is 3.99. The fourth-order valence-corrected chi connectivity index (χ4v) is 1.74. The second-order valence-electron chi connectivity index (χ2n) is 3.97. The number of amidine groups is 1. The molecule has 7 heteroatoms. The van der Waals surface area contributed by atoms with Gasteiger partial charge in [0.25, 0.3) is 0 Å². The fraction of sp³-hybridized carbons (Fsp3) is 0.364. The minimum atomic E-state index is -4.75. The maximum atomic E-state index is 12.2. The van der Waals surface area contributed by atoms with E-state index in [0.717, 1.165) is 12.8 Å². The van der Waals surface area contributed by atoms with Gasteiger partial charge in [-0.2, -0.15) is 0 Å². The van der Waals surface area contributed by atoms with Crippen LogP contribution in [0.4, 0.5) is 18.9 Å². The van der Waals surface area contributed by atoms with Crippen molar-refractivity contribution in [1.29, 1.82) is 0 Å². The molecule has 0 bridgehead atoms. The Bertz CT molecular complexity index is 484. The highest BCUT2D eigenvalue weighted by molar-refractivity contribution is 9.10. The number of rotatable bonds is 3. The molecule has 2 N–H and O–H groups in total. The van der Waals surface area contributed by atoms with Gasteiger partial charge >= 0.3 is 6.36 Å². The first-order valence-electron chi connectivity index (χ1n) is 5.24. The zero-order valence-corrected chi connectivity index (χ0v) is 10.8. The number of halogens is 4. The van der Waals surface area contributed by atoms with Gasteiger partial charge in [-0.15, -0.1) is 13.2 Å². The first kappa shape index (κ1) is 13.2. The molecule has 0 saturated heterocycles. The molecule has 0 aromatic heterocycles. The van der Waals surface area contributed by atoms with Crippen LogP contribution in [0.3, 0.4) is 0 Å². The lowest BCUT2D eigenvalue weighted by molar-refractivity contribution is -0.274. The van der Waals surface area contributed by atoms with E-state index in [1.165, 1.54) is 12.1 Å². The minimum Gasteiger partial charge on any atom is -0.403 e. The molecule has 0 unspecified atom stereocenters. The Labute approximate surface area is 110 Å². The van der Waals surface area contributed by atoms with E-state index < -0.39 is 6.36 Å². The van der Waals surface area contributed by atoms with Gasteiger partial charge in [-0.25, -0.2) is 4.99 Å². The Balaban J connectivity index is 2.30. The summed E-state index contributed by atoms with van der Waals surface area (Å²) >= 11 is 3.08. The normalized spacial score (nSPS) is 16.8. The average Bonchev–Trinajstić information content (AvgIpc) is 3.03. The van der Waals surface area contributed by atoms with Crippen LogP contribution in [0.1, 0.15) is 12.8 Å². The predicted molar refractivity (Wildman–Crippen MR) is 64.8 cm³/mol. The molecule has 1 aliphatic rings. The molecule has 1 saturated carbocycles. The van der Waals surface area contributed by atoms with Gasteiger partial charge < -0.3 is 10.5 Å². The van der Waals surface area contributed by atoms with Gasteiger partial charge in [-0.3, -0.25) is 0 Å². The maximum Gasteiger partial charge on any atom is 0.573 e. The van der Waals surface area contributed by atoms with Crippen molar-refractivity contribution in [1.82, 2.24) is 0 Å². The summed E-state index contributed by atoms with van der Waals surface area (Å²) in [7, 11) is 0. The highest BCUT2D eigenvalue weighted by Crippen LogP contribution is 2.36. The van der Waals surface area contributed by atoms with E-state index in [1.54, 1.807) is 6.07 Å². The molecule has 0 atom stereocenters.